The zero-order valence-electron chi connectivity index (χ0n) is 21.2. The molecule has 1 aromatic carbocycles. The Morgan fingerprint density at radius 3 is 2.71 bits per heavy atom. The Kier molecular flexibility index (Phi) is 7.53. The fraction of sp³-hybridized carbons (Fsp3) is 0.480. The molecule has 4 rings (SSSR count). The van der Waals surface area contributed by atoms with Gasteiger partial charge in [0.25, 0.3) is 0 Å². The van der Waals surface area contributed by atoms with Crippen LogP contribution in [0.25, 0.3) is 0 Å². The molecule has 1 aliphatic heterocycles. The molecular formula is C25H34N6O3S. The fourth-order valence-corrected chi connectivity index (χ4v) is 4.82. The number of fused-ring (bicyclic) bond motifs is 1. The summed E-state index contributed by atoms with van der Waals surface area (Å²) >= 11 is 1.05. The summed E-state index contributed by atoms with van der Waals surface area (Å²) in [5, 5.41) is 14.8. The average Bonchev–Trinajstić information content (AvgIpc) is 3.22. The van der Waals surface area contributed by atoms with Crippen LogP contribution in [-0.2, 0) is 18.4 Å². The molecule has 1 unspecified atom stereocenters. The molecule has 35 heavy (non-hydrogen) atoms. The summed E-state index contributed by atoms with van der Waals surface area (Å²) in [6.07, 6.45) is 4.41. The monoisotopic (exact) mass is 498 g/mol. The van der Waals surface area contributed by atoms with E-state index in [1.807, 2.05) is 26.0 Å². The highest BCUT2D eigenvalue weighted by Crippen LogP contribution is 2.33. The smallest absolute Gasteiger partial charge is 0.232 e. The van der Waals surface area contributed by atoms with Gasteiger partial charge in [-0.1, -0.05) is 32.0 Å². The normalized spacial score (nSPS) is 14.9. The summed E-state index contributed by atoms with van der Waals surface area (Å²) < 4.78 is 15.1. The Morgan fingerprint density at radius 1 is 1.26 bits per heavy atom. The summed E-state index contributed by atoms with van der Waals surface area (Å²) in [6.45, 7) is 14.5. The molecule has 2 N–H and O–H groups in total. The van der Waals surface area contributed by atoms with Crippen molar-refractivity contribution in [1.29, 1.82) is 0 Å². The number of hydrogen-bond donors (Lipinski definition) is 2. The van der Waals surface area contributed by atoms with Gasteiger partial charge in [0, 0.05) is 24.1 Å². The molecule has 0 fully saturated rings. The lowest BCUT2D eigenvalue weighted by molar-refractivity contribution is 0.188. The van der Waals surface area contributed by atoms with E-state index in [0.717, 1.165) is 53.1 Å². The van der Waals surface area contributed by atoms with Gasteiger partial charge in [-0.15, -0.1) is 0 Å². The number of anilines is 2. The number of nitrogens with zero attached hydrogens (tertiary/aromatic N) is 5. The zero-order valence-corrected chi connectivity index (χ0v) is 22.0. The third kappa shape index (κ3) is 5.71. The molecule has 9 nitrogen and oxygen atoms in total. The first-order valence-electron chi connectivity index (χ1n) is 11.9. The van der Waals surface area contributed by atoms with Crippen LogP contribution in [0, 0.1) is 6.92 Å². The molecule has 2 aromatic heterocycles. The second-order valence-corrected chi connectivity index (χ2v) is 10.5. The van der Waals surface area contributed by atoms with Crippen molar-refractivity contribution in [2.24, 2.45) is 0 Å². The van der Waals surface area contributed by atoms with Gasteiger partial charge in [-0.05, 0) is 50.5 Å². The third-order valence-electron chi connectivity index (χ3n) is 6.20. The van der Waals surface area contributed by atoms with E-state index in [-0.39, 0.29) is 11.5 Å². The molecule has 3 aromatic rings. The minimum Gasteiger partial charge on any atom is -0.477 e. The highest BCUT2D eigenvalue weighted by molar-refractivity contribution is 8.01. The number of hydrogen-bond acceptors (Lipinski definition) is 10. The van der Waals surface area contributed by atoms with Crippen LogP contribution in [0.2, 0.25) is 0 Å². The maximum Gasteiger partial charge on any atom is 0.232 e. The summed E-state index contributed by atoms with van der Waals surface area (Å²) in [7, 11) is 0. The van der Waals surface area contributed by atoms with Crippen molar-refractivity contribution in [1.82, 2.24) is 20.0 Å². The summed E-state index contributed by atoms with van der Waals surface area (Å²) in [5.41, 5.74) is 4.88. The number of benzene rings is 1. The second-order valence-electron chi connectivity index (χ2n) is 9.76. The van der Waals surface area contributed by atoms with Crippen LogP contribution >= 0.6 is 12.1 Å². The van der Waals surface area contributed by atoms with Crippen LogP contribution in [0.1, 0.15) is 68.8 Å². The summed E-state index contributed by atoms with van der Waals surface area (Å²) in [4.78, 5) is 11.3. The van der Waals surface area contributed by atoms with E-state index in [4.69, 9.17) is 9.26 Å². The average molecular weight is 499 g/mol. The first-order chi connectivity index (χ1) is 16.7. The van der Waals surface area contributed by atoms with Crippen molar-refractivity contribution in [3.8, 4) is 5.88 Å². The molecule has 10 heteroatoms. The van der Waals surface area contributed by atoms with Crippen LogP contribution < -0.4 is 13.9 Å². The van der Waals surface area contributed by atoms with Gasteiger partial charge in [0.05, 0.1) is 48.6 Å². The van der Waals surface area contributed by atoms with Crippen molar-refractivity contribution in [2.45, 2.75) is 66.0 Å². The molecule has 1 aliphatic rings. The van der Waals surface area contributed by atoms with E-state index in [0.29, 0.717) is 24.0 Å². The molecule has 3 heterocycles. The first-order valence-corrected chi connectivity index (χ1v) is 12.6. The van der Waals surface area contributed by atoms with Crippen molar-refractivity contribution in [2.75, 3.05) is 22.3 Å². The topological polar surface area (TPSA) is 99.8 Å². The highest BCUT2D eigenvalue weighted by Gasteiger charge is 2.26. The predicted octanol–water partition coefficient (Wildman–Crippen LogP) is 5.46. The van der Waals surface area contributed by atoms with Gasteiger partial charge in [-0.25, -0.2) is 4.98 Å². The molecule has 188 valence electrons. The van der Waals surface area contributed by atoms with Crippen molar-refractivity contribution < 1.29 is 14.5 Å². The number of ether oxygens (including phenoxy) is 1. The second kappa shape index (κ2) is 10.4. The van der Waals surface area contributed by atoms with Crippen LogP contribution in [0.3, 0.4) is 0 Å². The van der Waals surface area contributed by atoms with Crippen molar-refractivity contribution in [3.63, 3.8) is 0 Å². The predicted molar refractivity (Wildman–Crippen MR) is 138 cm³/mol. The number of aromatic nitrogens is 3. The SMILES string of the molecule is CCOc1cnc(C(C)N2CCc3ccc(N(O)SNc4noc(C(C)(C)C)c4C)cc3C2)cn1. The lowest BCUT2D eigenvalue weighted by Gasteiger charge is -2.33. The van der Waals surface area contributed by atoms with Crippen molar-refractivity contribution >= 4 is 23.6 Å². The standard InChI is InChI=1S/C25H34N6O3S/c1-7-33-22-14-26-21(13-27-22)17(3)30-11-10-18-8-9-20(12-19(18)15-30)31(32)35-29-24-16(2)23(34-28-24)25(4,5)6/h8-9,12-14,17,32H,7,10-11,15H2,1-6H3,(H,28,29). The van der Waals surface area contributed by atoms with Gasteiger partial charge in [-0.3, -0.25) is 19.8 Å². The molecule has 0 saturated carbocycles. The Morgan fingerprint density at radius 2 is 2.06 bits per heavy atom. The summed E-state index contributed by atoms with van der Waals surface area (Å²) in [6, 6.07) is 6.17. The Hall–Kier alpha value is -2.82. The van der Waals surface area contributed by atoms with Crippen LogP contribution in [0.15, 0.2) is 35.1 Å². The van der Waals surface area contributed by atoms with E-state index in [1.54, 1.807) is 12.4 Å². The van der Waals surface area contributed by atoms with Crippen LogP contribution in [0.4, 0.5) is 11.5 Å². The van der Waals surface area contributed by atoms with Gasteiger partial charge in [0.1, 0.15) is 5.76 Å². The van der Waals surface area contributed by atoms with Gasteiger partial charge in [0.2, 0.25) is 5.88 Å². The van der Waals surface area contributed by atoms with E-state index in [9.17, 15) is 5.21 Å². The van der Waals surface area contributed by atoms with E-state index in [1.165, 1.54) is 11.1 Å². The molecule has 0 amide bonds. The lowest BCUT2D eigenvalue weighted by atomic mass is 9.91. The molecule has 0 aliphatic carbocycles. The maximum atomic E-state index is 10.7. The first kappa shape index (κ1) is 25.3. The quantitative estimate of drug-likeness (QED) is 0.308. The highest BCUT2D eigenvalue weighted by atomic mass is 32.2. The molecule has 0 spiro atoms. The number of rotatable bonds is 8. The van der Waals surface area contributed by atoms with Gasteiger partial charge in [0.15, 0.2) is 5.82 Å². The molecule has 0 radical (unpaired) electrons. The van der Waals surface area contributed by atoms with Gasteiger partial charge in [-0.2, -0.15) is 4.47 Å². The third-order valence-corrected chi connectivity index (χ3v) is 6.87. The maximum absolute atomic E-state index is 10.7. The molecule has 0 saturated heterocycles. The molecule has 1 atom stereocenters. The van der Waals surface area contributed by atoms with Crippen LogP contribution in [0.5, 0.6) is 5.88 Å². The minimum absolute atomic E-state index is 0.114. The van der Waals surface area contributed by atoms with Crippen molar-refractivity contribution in [3.05, 3.63) is 58.7 Å². The van der Waals surface area contributed by atoms with E-state index in [2.05, 4.69) is 58.5 Å². The minimum atomic E-state index is -0.140. The zero-order chi connectivity index (χ0) is 25.2. The van der Waals surface area contributed by atoms with Gasteiger partial charge < -0.3 is 9.26 Å². The summed E-state index contributed by atoms with van der Waals surface area (Å²) in [5.74, 6) is 1.97. The van der Waals surface area contributed by atoms with Gasteiger partial charge >= 0.3 is 0 Å². The van der Waals surface area contributed by atoms with E-state index < -0.39 is 0 Å². The Bertz CT molecular complexity index is 1150. The fourth-order valence-electron chi connectivity index (χ4n) is 4.24. The van der Waals surface area contributed by atoms with E-state index >= 15 is 0 Å². The molecular weight excluding hydrogens is 464 g/mol. The Balaban J connectivity index is 1.41. The lowest BCUT2D eigenvalue weighted by Crippen LogP contribution is -2.33. The number of nitrogens with one attached hydrogen (secondary N) is 1. The Labute approximate surface area is 211 Å². The molecule has 0 bridgehead atoms. The largest absolute Gasteiger partial charge is 0.477 e. The van der Waals surface area contributed by atoms with Crippen LogP contribution in [-0.4, -0.2) is 38.4 Å².